The fraction of sp³-hybridized carbons (Fsp3) is 0.276. The Morgan fingerprint density at radius 3 is 1.97 bits per heavy atom. The molecule has 0 radical (unpaired) electrons. The van der Waals surface area contributed by atoms with E-state index in [4.69, 9.17) is 10.5 Å². The minimum absolute atomic E-state index is 0.209. The molecule has 3 aromatic rings. The highest BCUT2D eigenvalue weighted by molar-refractivity contribution is 5.89. The second kappa shape index (κ2) is 14.4. The first-order chi connectivity index (χ1) is 17.9. The van der Waals surface area contributed by atoms with Gasteiger partial charge < -0.3 is 26.4 Å². The zero-order valence-electron chi connectivity index (χ0n) is 21.0. The molecule has 2 atom stereocenters. The van der Waals surface area contributed by atoms with Gasteiger partial charge in [0.15, 0.2) is 0 Å². The first kappa shape index (κ1) is 27.4. The monoisotopic (exact) mass is 502 g/mol. The maximum atomic E-state index is 13.1. The average molecular weight is 503 g/mol. The van der Waals surface area contributed by atoms with Crippen LogP contribution in [0, 0.1) is 0 Å². The number of rotatable bonds is 13. The quantitative estimate of drug-likeness (QED) is 0.286. The molecule has 0 saturated carbocycles. The van der Waals surface area contributed by atoms with Gasteiger partial charge in [-0.1, -0.05) is 72.8 Å². The van der Waals surface area contributed by atoms with E-state index in [-0.39, 0.29) is 18.4 Å². The molecule has 3 amide bonds. The minimum atomic E-state index is -0.887. The van der Waals surface area contributed by atoms with Gasteiger partial charge in [0, 0.05) is 6.54 Å². The molecule has 0 aliphatic heterocycles. The van der Waals surface area contributed by atoms with Crippen molar-refractivity contribution < 1.29 is 19.1 Å². The van der Waals surface area contributed by atoms with E-state index in [0.717, 1.165) is 24.0 Å². The second-order valence-corrected chi connectivity index (χ2v) is 8.78. The first-order valence-electron chi connectivity index (χ1n) is 12.4. The van der Waals surface area contributed by atoms with E-state index < -0.39 is 18.2 Å². The van der Waals surface area contributed by atoms with Crippen LogP contribution in [0.5, 0.6) is 5.75 Å². The van der Waals surface area contributed by atoms with Crippen LogP contribution in [-0.2, 0) is 29.0 Å². The summed E-state index contributed by atoms with van der Waals surface area (Å²) in [6.45, 7) is 2.57. The molecule has 0 saturated heterocycles. The van der Waals surface area contributed by atoms with E-state index in [0.29, 0.717) is 18.7 Å². The zero-order chi connectivity index (χ0) is 26.5. The third-order valence-corrected chi connectivity index (χ3v) is 5.89. The number of aryl methyl sites for hydroxylation is 1. The molecule has 0 aliphatic rings. The fourth-order valence-corrected chi connectivity index (χ4v) is 3.83. The van der Waals surface area contributed by atoms with Gasteiger partial charge >= 0.3 is 6.09 Å². The summed E-state index contributed by atoms with van der Waals surface area (Å²) >= 11 is 0. The number of amides is 3. The molecule has 3 aromatic carbocycles. The van der Waals surface area contributed by atoms with E-state index in [1.165, 1.54) is 5.56 Å². The molecular formula is C29H34N4O4. The smallest absolute Gasteiger partial charge is 0.409 e. The van der Waals surface area contributed by atoms with Crippen molar-refractivity contribution in [2.75, 3.05) is 6.54 Å². The lowest BCUT2D eigenvalue weighted by molar-refractivity contribution is -0.129. The number of nitrogens with one attached hydrogen (secondary N) is 3. The summed E-state index contributed by atoms with van der Waals surface area (Å²) in [5, 5.41) is 9.04. The summed E-state index contributed by atoms with van der Waals surface area (Å²) in [4.78, 5) is 36.6. The molecule has 0 aliphatic carbocycles. The van der Waals surface area contributed by atoms with Crippen LogP contribution in [-0.4, -0.2) is 36.5 Å². The van der Waals surface area contributed by atoms with Crippen LogP contribution < -0.4 is 26.4 Å². The standard InChI is InChI=1S/C29H34N4O4/c1-21(27(34)32-20-24-12-15-25(16-13-24)37-29(30)36)33-28(35)26(17-14-22-8-4-2-5-9-22)31-19-18-23-10-6-3-7-11-23/h2-13,15-16,21,26,31H,14,17-20H2,1H3,(H2,30,36)(H,32,34)(H,33,35)/t21-,26+/m0/s1. The number of benzene rings is 3. The molecule has 37 heavy (non-hydrogen) atoms. The molecule has 8 heteroatoms. The topological polar surface area (TPSA) is 123 Å². The number of carbonyl (C=O) groups is 3. The number of ether oxygens (including phenoxy) is 1. The summed E-state index contributed by atoms with van der Waals surface area (Å²) in [6.07, 6.45) is 1.27. The second-order valence-electron chi connectivity index (χ2n) is 8.78. The zero-order valence-corrected chi connectivity index (χ0v) is 21.0. The molecule has 8 nitrogen and oxygen atoms in total. The highest BCUT2D eigenvalue weighted by Gasteiger charge is 2.22. The van der Waals surface area contributed by atoms with Crippen molar-refractivity contribution in [1.82, 2.24) is 16.0 Å². The fourth-order valence-electron chi connectivity index (χ4n) is 3.83. The third-order valence-electron chi connectivity index (χ3n) is 5.89. The van der Waals surface area contributed by atoms with Crippen molar-refractivity contribution in [1.29, 1.82) is 0 Å². The van der Waals surface area contributed by atoms with E-state index in [2.05, 4.69) is 28.1 Å². The average Bonchev–Trinajstić information content (AvgIpc) is 2.90. The van der Waals surface area contributed by atoms with Crippen LogP contribution in [0.4, 0.5) is 4.79 Å². The van der Waals surface area contributed by atoms with Gasteiger partial charge in [-0.3, -0.25) is 9.59 Å². The van der Waals surface area contributed by atoms with Gasteiger partial charge in [0.1, 0.15) is 11.8 Å². The van der Waals surface area contributed by atoms with Gasteiger partial charge in [-0.2, -0.15) is 0 Å². The maximum Gasteiger partial charge on any atom is 0.409 e. The van der Waals surface area contributed by atoms with Gasteiger partial charge in [0.05, 0.1) is 6.04 Å². The van der Waals surface area contributed by atoms with Crippen LogP contribution in [0.2, 0.25) is 0 Å². The molecule has 0 heterocycles. The Balaban J connectivity index is 1.51. The molecule has 5 N–H and O–H groups in total. The van der Waals surface area contributed by atoms with Crippen LogP contribution in [0.15, 0.2) is 84.9 Å². The van der Waals surface area contributed by atoms with Crippen LogP contribution >= 0.6 is 0 Å². The van der Waals surface area contributed by atoms with E-state index in [1.54, 1.807) is 31.2 Å². The molecule has 0 unspecified atom stereocenters. The van der Waals surface area contributed by atoms with Gasteiger partial charge in [0.25, 0.3) is 0 Å². The molecule has 0 spiro atoms. The highest BCUT2D eigenvalue weighted by Crippen LogP contribution is 2.12. The Hall–Kier alpha value is -4.17. The molecule has 0 fully saturated rings. The lowest BCUT2D eigenvalue weighted by Gasteiger charge is -2.21. The van der Waals surface area contributed by atoms with E-state index in [1.807, 2.05) is 48.5 Å². The first-order valence-corrected chi connectivity index (χ1v) is 12.4. The van der Waals surface area contributed by atoms with E-state index in [9.17, 15) is 14.4 Å². The Morgan fingerprint density at radius 2 is 1.38 bits per heavy atom. The molecule has 3 rings (SSSR count). The van der Waals surface area contributed by atoms with Gasteiger partial charge in [-0.25, -0.2) is 4.79 Å². The lowest BCUT2D eigenvalue weighted by Crippen LogP contribution is -2.52. The Labute approximate surface area is 217 Å². The van der Waals surface area contributed by atoms with Crippen LogP contribution in [0.1, 0.15) is 30.0 Å². The van der Waals surface area contributed by atoms with Crippen molar-refractivity contribution in [2.45, 2.75) is 44.8 Å². The van der Waals surface area contributed by atoms with Crippen molar-refractivity contribution in [3.63, 3.8) is 0 Å². The van der Waals surface area contributed by atoms with Crippen molar-refractivity contribution in [2.24, 2.45) is 5.73 Å². The molecular weight excluding hydrogens is 468 g/mol. The minimum Gasteiger partial charge on any atom is -0.411 e. The number of nitrogens with two attached hydrogens (primary N) is 1. The number of primary amides is 1. The SMILES string of the molecule is C[C@H](NC(=O)[C@@H](CCc1ccccc1)NCCc1ccccc1)C(=O)NCc1ccc(OC(N)=O)cc1. The normalized spacial score (nSPS) is 12.2. The Bertz CT molecular complexity index is 1140. The summed E-state index contributed by atoms with van der Waals surface area (Å²) in [5.41, 5.74) is 8.16. The van der Waals surface area contributed by atoms with Crippen LogP contribution in [0.25, 0.3) is 0 Å². The summed E-state index contributed by atoms with van der Waals surface area (Å²) in [6, 6.07) is 25.6. The van der Waals surface area contributed by atoms with E-state index >= 15 is 0 Å². The number of hydrogen-bond acceptors (Lipinski definition) is 5. The Morgan fingerprint density at radius 1 is 0.784 bits per heavy atom. The number of hydrogen-bond donors (Lipinski definition) is 4. The summed E-state index contributed by atoms with van der Waals surface area (Å²) in [5.74, 6) is -0.180. The van der Waals surface area contributed by atoms with Crippen LogP contribution in [0.3, 0.4) is 0 Å². The van der Waals surface area contributed by atoms with Gasteiger partial charge in [-0.15, -0.1) is 0 Å². The van der Waals surface area contributed by atoms with Crippen molar-refractivity contribution >= 4 is 17.9 Å². The molecule has 0 bridgehead atoms. The molecule has 194 valence electrons. The van der Waals surface area contributed by atoms with Gasteiger partial charge in [0.2, 0.25) is 11.8 Å². The predicted octanol–water partition coefficient (Wildman–Crippen LogP) is 3.10. The summed E-state index contributed by atoms with van der Waals surface area (Å²) in [7, 11) is 0. The molecule has 0 aromatic heterocycles. The highest BCUT2D eigenvalue weighted by atomic mass is 16.5. The largest absolute Gasteiger partial charge is 0.411 e. The van der Waals surface area contributed by atoms with Gasteiger partial charge in [-0.05, 0) is 61.6 Å². The maximum absolute atomic E-state index is 13.1. The number of carbonyl (C=O) groups excluding carboxylic acids is 3. The predicted molar refractivity (Wildman–Crippen MR) is 143 cm³/mol. The lowest BCUT2D eigenvalue weighted by atomic mass is 10.0. The summed E-state index contributed by atoms with van der Waals surface area (Å²) < 4.78 is 4.80. The van der Waals surface area contributed by atoms with Crippen molar-refractivity contribution in [3.05, 3.63) is 102 Å². The van der Waals surface area contributed by atoms with Crippen molar-refractivity contribution in [3.8, 4) is 5.75 Å². The third kappa shape index (κ3) is 9.77. The Kier molecular flexibility index (Phi) is 10.7.